The second kappa shape index (κ2) is 21.9. The average molecular weight is 747 g/mol. The first-order chi connectivity index (χ1) is 26.0. The van der Waals surface area contributed by atoms with Gasteiger partial charge in [0.2, 0.25) is 6.29 Å². The maximum absolute atomic E-state index is 14.3. The number of ether oxygens (including phenoxy) is 5. The van der Waals surface area contributed by atoms with Gasteiger partial charge in [-0.1, -0.05) is 136 Å². The van der Waals surface area contributed by atoms with Gasteiger partial charge in [-0.15, -0.1) is 0 Å². The molecule has 0 radical (unpaired) electrons. The molecule has 5 atom stereocenters. The van der Waals surface area contributed by atoms with E-state index in [-0.39, 0.29) is 33.0 Å². The number of phosphoric acid groups is 1. The number of rotatable bonds is 22. The molecule has 0 spiro atoms. The molecule has 0 aromatic heterocycles. The number of carbonyl (C=O) groups excluding carboxylic acids is 1. The molecule has 10 nitrogen and oxygen atoms in total. The molecule has 1 heterocycles. The summed E-state index contributed by atoms with van der Waals surface area (Å²) >= 11 is 0. The Hall–Kier alpha value is -3.70. The fourth-order valence-electron chi connectivity index (χ4n) is 5.65. The summed E-state index contributed by atoms with van der Waals surface area (Å²) in [4.78, 5) is 13.8. The summed E-state index contributed by atoms with van der Waals surface area (Å²) in [7, 11) is -4.24. The summed E-state index contributed by atoms with van der Waals surface area (Å²) in [6, 6.07) is 37.7. The average Bonchev–Trinajstić information content (AvgIpc) is 3.19. The van der Waals surface area contributed by atoms with Gasteiger partial charge < -0.3 is 23.7 Å². The third-order valence-electron chi connectivity index (χ3n) is 8.54. The maximum Gasteiger partial charge on any atom is 0.477 e. The topological polar surface area (TPSA) is 108 Å². The molecule has 0 amide bonds. The van der Waals surface area contributed by atoms with Crippen LogP contribution in [-0.4, -0.2) is 56.5 Å². The van der Waals surface area contributed by atoms with Crippen LogP contribution in [0.25, 0.3) is 0 Å². The van der Waals surface area contributed by atoms with Crippen molar-refractivity contribution in [2.75, 3.05) is 19.8 Å². The van der Waals surface area contributed by atoms with Gasteiger partial charge in [0.05, 0.1) is 45.2 Å². The van der Waals surface area contributed by atoms with E-state index in [2.05, 4.69) is 0 Å². The highest BCUT2D eigenvalue weighted by atomic mass is 31.2. The van der Waals surface area contributed by atoms with E-state index in [1.54, 1.807) is 24.3 Å². The lowest BCUT2D eigenvalue weighted by Crippen LogP contribution is -2.62. The zero-order valence-electron chi connectivity index (χ0n) is 30.5. The van der Waals surface area contributed by atoms with E-state index in [1.165, 1.54) is 0 Å². The minimum atomic E-state index is -4.24. The SMILES string of the molecule is CCCCOP(=O)(OCCCC)OC1O[C@H](COCc2ccccc2)[C@H](OCc2ccccc2)[C@H](OCc2ccccc2)[C@H]1OC(=O)c1ccccc1. The van der Waals surface area contributed by atoms with Crippen LogP contribution in [0.2, 0.25) is 0 Å². The Kier molecular flexibility index (Phi) is 16.7. The predicted octanol–water partition coefficient (Wildman–Crippen LogP) is 9.08. The Morgan fingerprint density at radius 2 is 1.09 bits per heavy atom. The van der Waals surface area contributed by atoms with Crippen LogP contribution >= 0.6 is 7.82 Å². The Labute approximate surface area is 313 Å². The highest BCUT2D eigenvalue weighted by Crippen LogP contribution is 2.53. The minimum absolute atomic E-state index is 0.0520. The first kappa shape index (κ1) is 40.5. The third kappa shape index (κ3) is 13.0. The van der Waals surface area contributed by atoms with Crippen LogP contribution in [-0.2, 0) is 61.6 Å². The van der Waals surface area contributed by atoms with Crippen LogP contribution in [0.4, 0.5) is 0 Å². The molecule has 53 heavy (non-hydrogen) atoms. The molecule has 4 aromatic carbocycles. The fourth-order valence-corrected chi connectivity index (χ4v) is 6.97. The van der Waals surface area contributed by atoms with Crippen LogP contribution in [0.15, 0.2) is 121 Å². The molecule has 0 N–H and O–H groups in total. The van der Waals surface area contributed by atoms with E-state index in [0.717, 1.165) is 29.5 Å². The first-order valence-corrected chi connectivity index (χ1v) is 19.9. The van der Waals surface area contributed by atoms with Crippen molar-refractivity contribution >= 4 is 13.8 Å². The molecule has 5 rings (SSSR count). The van der Waals surface area contributed by atoms with Crippen molar-refractivity contribution in [3.05, 3.63) is 144 Å². The smallest absolute Gasteiger partial charge is 0.450 e. The van der Waals surface area contributed by atoms with Crippen molar-refractivity contribution in [1.82, 2.24) is 0 Å². The van der Waals surface area contributed by atoms with Gasteiger partial charge in [0.15, 0.2) is 6.10 Å². The van der Waals surface area contributed by atoms with Gasteiger partial charge in [-0.25, -0.2) is 9.36 Å². The molecule has 1 aliphatic heterocycles. The third-order valence-corrected chi connectivity index (χ3v) is 10.00. The van der Waals surface area contributed by atoms with Gasteiger partial charge in [0.1, 0.15) is 18.3 Å². The predicted molar refractivity (Wildman–Crippen MR) is 201 cm³/mol. The lowest BCUT2D eigenvalue weighted by Gasteiger charge is -2.45. The molecule has 284 valence electrons. The van der Waals surface area contributed by atoms with Gasteiger partial charge in [-0.2, -0.15) is 0 Å². The van der Waals surface area contributed by atoms with E-state index >= 15 is 0 Å². The lowest BCUT2D eigenvalue weighted by molar-refractivity contribution is -0.302. The van der Waals surface area contributed by atoms with Crippen molar-refractivity contribution < 1.29 is 46.6 Å². The summed E-state index contributed by atoms with van der Waals surface area (Å²) in [5.41, 5.74) is 3.10. The van der Waals surface area contributed by atoms with Crippen molar-refractivity contribution in [3.63, 3.8) is 0 Å². The van der Waals surface area contributed by atoms with E-state index < -0.39 is 44.5 Å². The quantitative estimate of drug-likeness (QED) is 0.0439. The van der Waals surface area contributed by atoms with Gasteiger partial charge >= 0.3 is 13.8 Å². The molecule has 0 aliphatic carbocycles. The summed E-state index contributed by atoms with van der Waals surface area (Å²) in [5.74, 6) is -0.643. The van der Waals surface area contributed by atoms with Gasteiger partial charge in [-0.3, -0.25) is 13.6 Å². The molecular formula is C42H51O10P. The second-order valence-electron chi connectivity index (χ2n) is 12.7. The van der Waals surface area contributed by atoms with Gasteiger partial charge in [0, 0.05) is 0 Å². The number of unbranched alkanes of at least 4 members (excludes halogenated alkanes) is 2. The summed E-state index contributed by atoms with van der Waals surface area (Å²) in [5, 5.41) is 0. The van der Waals surface area contributed by atoms with Crippen molar-refractivity contribution in [3.8, 4) is 0 Å². The molecule has 1 fully saturated rings. The number of esters is 1. The van der Waals surface area contributed by atoms with Crippen LogP contribution in [0, 0.1) is 0 Å². The molecule has 1 saturated heterocycles. The molecule has 11 heteroatoms. The summed E-state index contributed by atoms with van der Waals surface area (Å²) in [6.07, 6.45) is -2.45. The summed E-state index contributed by atoms with van der Waals surface area (Å²) in [6.45, 7) is 5.00. The lowest BCUT2D eigenvalue weighted by atomic mass is 9.98. The Bertz CT molecular complexity index is 1630. The van der Waals surface area contributed by atoms with E-state index in [0.29, 0.717) is 25.0 Å². The monoisotopic (exact) mass is 746 g/mol. The number of carbonyl (C=O) groups is 1. The standard InChI is InChI=1S/C42H51O10P/c1-3-5-27-48-53(44,49-28-6-4-2)52-42-40(51-41(43)36-25-17-10-18-26-36)39(47-31-35-23-15-9-16-24-35)38(46-30-34-21-13-8-14-22-34)37(50-42)32-45-29-33-19-11-7-12-20-33/h7-26,37-40,42H,3-6,27-32H2,1-2H3/t37-,38+,39+,40-,42?/m1/s1. The molecular weight excluding hydrogens is 695 g/mol. The van der Waals surface area contributed by atoms with E-state index in [9.17, 15) is 9.36 Å². The minimum Gasteiger partial charge on any atom is -0.450 e. The number of hydrogen-bond donors (Lipinski definition) is 0. The van der Waals surface area contributed by atoms with E-state index in [4.69, 9.17) is 37.3 Å². The zero-order chi connectivity index (χ0) is 37.1. The highest BCUT2D eigenvalue weighted by molar-refractivity contribution is 7.48. The Morgan fingerprint density at radius 1 is 0.623 bits per heavy atom. The Balaban J connectivity index is 1.52. The Morgan fingerprint density at radius 3 is 1.60 bits per heavy atom. The number of hydrogen-bond acceptors (Lipinski definition) is 10. The largest absolute Gasteiger partial charge is 0.477 e. The van der Waals surface area contributed by atoms with Gasteiger partial charge in [0.25, 0.3) is 0 Å². The van der Waals surface area contributed by atoms with E-state index in [1.807, 2.05) is 111 Å². The van der Waals surface area contributed by atoms with Crippen LogP contribution in [0.1, 0.15) is 66.6 Å². The highest BCUT2D eigenvalue weighted by Gasteiger charge is 2.53. The number of benzene rings is 4. The van der Waals surface area contributed by atoms with Crippen LogP contribution in [0.5, 0.6) is 0 Å². The van der Waals surface area contributed by atoms with Crippen LogP contribution < -0.4 is 0 Å². The van der Waals surface area contributed by atoms with Crippen molar-refractivity contribution in [2.24, 2.45) is 0 Å². The molecule has 0 saturated carbocycles. The summed E-state index contributed by atoms with van der Waals surface area (Å²) < 4.78 is 64.5. The first-order valence-electron chi connectivity index (χ1n) is 18.4. The van der Waals surface area contributed by atoms with Crippen LogP contribution in [0.3, 0.4) is 0 Å². The van der Waals surface area contributed by atoms with Crippen molar-refractivity contribution in [1.29, 1.82) is 0 Å². The zero-order valence-corrected chi connectivity index (χ0v) is 31.4. The molecule has 4 aromatic rings. The second-order valence-corrected chi connectivity index (χ2v) is 14.3. The van der Waals surface area contributed by atoms with Gasteiger partial charge in [-0.05, 0) is 41.7 Å². The number of phosphoric ester groups is 1. The molecule has 0 bridgehead atoms. The normalized spacial score (nSPS) is 20.2. The molecule has 1 unspecified atom stereocenters. The molecule has 1 aliphatic rings. The maximum atomic E-state index is 14.3. The fraction of sp³-hybridized carbons (Fsp3) is 0.405. The van der Waals surface area contributed by atoms with Crippen molar-refractivity contribution in [2.45, 2.75) is 90.1 Å².